The fraction of sp³-hybridized carbons (Fsp3) is 0. The summed E-state index contributed by atoms with van der Waals surface area (Å²) in [5.41, 5.74) is 2.78. The summed E-state index contributed by atoms with van der Waals surface area (Å²) in [5, 5.41) is 1.40. The zero-order valence-electron chi connectivity index (χ0n) is 15.4. The predicted octanol–water partition coefficient (Wildman–Crippen LogP) is 6.44. The number of fused-ring (bicyclic) bond motifs is 1. The van der Waals surface area contributed by atoms with Crippen LogP contribution in [0.5, 0.6) is 0 Å². The normalized spacial score (nSPS) is 15.3. The third-order valence-corrected chi connectivity index (χ3v) is 6.33. The second-order valence-electron chi connectivity index (χ2n) is 6.61. The van der Waals surface area contributed by atoms with Crippen molar-refractivity contribution in [2.45, 2.75) is 0 Å². The molecule has 146 valence electrons. The Morgan fingerprint density at radius 3 is 2.30 bits per heavy atom. The van der Waals surface area contributed by atoms with Gasteiger partial charge < -0.3 is 0 Å². The molecule has 30 heavy (non-hydrogen) atoms. The highest BCUT2D eigenvalue weighted by Crippen LogP contribution is 2.37. The van der Waals surface area contributed by atoms with Gasteiger partial charge in [-0.2, -0.15) is 0 Å². The highest BCUT2D eigenvalue weighted by molar-refractivity contribution is 7.22. The number of hydrogen-bond acceptors (Lipinski definition) is 4. The molecule has 0 unspecified atom stereocenters. The minimum absolute atomic E-state index is 0.228. The Morgan fingerprint density at radius 1 is 0.900 bits per heavy atom. The molecular formula is C23H13Cl2N3OS. The lowest BCUT2D eigenvalue weighted by Gasteiger charge is -2.14. The van der Waals surface area contributed by atoms with Crippen LogP contribution in [0.4, 0.5) is 5.13 Å². The number of benzene rings is 3. The van der Waals surface area contributed by atoms with E-state index < -0.39 is 0 Å². The van der Waals surface area contributed by atoms with Gasteiger partial charge in [0.15, 0.2) is 5.13 Å². The van der Waals surface area contributed by atoms with Crippen molar-refractivity contribution in [2.24, 2.45) is 4.99 Å². The van der Waals surface area contributed by atoms with Gasteiger partial charge in [0.25, 0.3) is 5.91 Å². The van der Waals surface area contributed by atoms with Crippen LogP contribution < -0.4 is 4.90 Å². The second kappa shape index (κ2) is 7.69. The number of aromatic nitrogens is 1. The van der Waals surface area contributed by atoms with Gasteiger partial charge in [-0.3, -0.25) is 4.79 Å². The van der Waals surface area contributed by atoms with Crippen molar-refractivity contribution in [2.75, 3.05) is 4.90 Å². The smallest absolute Gasteiger partial charge is 0.266 e. The fourth-order valence-corrected chi connectivity index (χ4v) is 4.56. The molecule has 3 aromatic carbocycles. The van der Waals surface area contributed by atoms with Crippen molar-refractivity contribution in [1.82, 2.24) is 4.98 Å². The van der Waals surface area contributed by atoms with E-state index in [2.05, 4.69) is 9.98 Å². The molecule has 0 radical (unpaired) electrons. The number of anilines is 1. The molecule has 2 heterocycles. The number of nitrogens with zero attached hydrogens (tertiary/aromatic N) is 3. The van der Waals surface area contributed by atoms with Gasteiger partial charge in [0, 0.05) is 5.56 Å². The molecule has 1 amide bonds. The summed E-state index contributed by atoms with van der Waals surface area (Å²) in [6.07, 6.45) is 1.78. The number of amidine groups is 1. The second-order valence-corrected chi connectivity index (χ2v) is 8.44. The van der Waals surface area contributed by atoms with Crippen molar-refractivity contribution in [1.29, 1.82) is 0 Å². The summed E-state index contributed by atoms with van der Waals surface area (Å²) in [6, 6.07) is 22.7. The summed E-state index contributed by atoms with van der Waals surface area (Å²) in [5.74, 6) is 0.313. The van der Waals surface area contributed by atoms with E-state index >= 15 is 0 Å². The minimum atomic E-state index is -0.228. The summed E-state index contributed by atoms with van der Waals surface area (Å²) >= 11 is 13.7. The molecule has 0 fully saturated rings. The molecule has 5 rings (SSSR count). The zero-order chi connectivity index (χ0) is 20.7. The molecule has 1 aliphatic rings. The van der Waals surface area contributed by atoms with Gasteiger partial charge in [0.1, 0.15) is 11.5 Å². The lowest BCUT2D eigenvalue weighted by atomic mass is 10.2. The maximum absolute atomic E-state index is 13.4. The number of amides is 1. The van der Waals surface area contributed by atoms with E-state index in [0.717, 1.165) is 15.8 Å². The van der Waals surface area contributed by atoms with E-state index in [1.807, 2.05) is 60.7 Å². The average Bonchev–Trinajstić information content (AvgIpc) is 3.30. The first-order chi connectivity index (χ1) is 14.6. The molecule has 0 atom stereocenters. The predicted molar refractivity (Wildman–Crippen MR) is 125 cm³/mol. The number of rotatable bonds is 3. The lowest BCUT2D eigenvalue weighted by Crippen LogP contribution is -2.32. The van der Waals surface area contributed by atoms with Gasteiger partial charge in [-0.1, -0.05) is 95.2 Å². The first-order valence-corrected chi connectivity index (χ1v) is 10.7. The summed E-state index contributed by atoms with van der Waals surface area (Å²) in [6.45, 7) is 0. The van der Waals surface area contributed by atoms with Crippen LogP contribution in [-0.2, 0) is 4.79 Å². The molecule has 4 nitrogen and oxygen atoms in total. The Hall–Kier alpha value is -2.99. The van der Waals surface area contributed by atoms with Gasteiger partial charge in [-0.05, 0) is 23.8 Å². The first kappa shape index (κ1) is 19.0. The number of halogens is 2. The molecule has 0 N–H and O–H groups in total. The van der Waals surface area contributed by atoms with Crippen molar-refractivity contribution < 1.29 is 4.79 Å². The van der Waals surface area contributed by atoms with Gasteiger partial charge >= 0.3 is 0 Å². The Kier molecular flexibility index (Phi) is 4.87. The van der Waals surface area contributed by atoms with Crippen LogP contribution in [-0.4, -0.2) is 16.7 Å². The van der Waals surface area contributed by atoms with E-state index in [1.165, 1.54) is 11.3 Å². The summed E-state index contributed by atoms with van der Waals surface area (Å²) in [7, 11) is 0. The largest absolute Gasteiger partial charge is 0.284 e. The molecule has 1 aliphatic heterocycles. The molecule has 0 aliphatic carbocycles. The van der Waals surface area contributed by atoms with Crippen LogP contribution in [0, 0.1) is 0 Å². The topological polar surface area (TPSA) is 45.6 Å². The van der Waals surface area contributed by atoms with Crippen LogP contribution in [0.2, 0.25) is 10.0 Å². The quantitative estimate of drug-likeness (QED) is 0.338. The number of aliphatic imine (C=N–C) groups is 1. The Balaban J connectivity index is 1.65. The Bertz CT molecular complexity index is 1290. The highest BCUT2D eigenvalue weighted by Gasteiger charge is 2.34. The molecular weight excluding hydrogens is 437 g/mol. The van der Waals surface area contributed by atoms with E-state index in [4.69, 9.17) is 23.2 Å². The summed E-state index contributed by atoms with van der Waals surface area (Å²) < 4.78 is 0.847. The van der Waals surface area contributed by atoms with Crippen molar-refractivity contribution >= 4 is 67.7 Å². The van der Waals surface area contributed by atoms with Gasteiger partial charge in [-0.15, -0.1) is 0 Å². The SMILES string of the molecule is O=C1/C(=C/c2ccccc2)N=C(c2ccccc2)N1c1nc2cc(Cl)c(Cl)cc2s1. The highest BCUT2D eigenvalue weighted by atomic mass is 35.5. The molecule has 7 heteroatoms. The number of carbonyl (C=O) groups is 1. The molecule has 4 aromatic rings. The van der Waals surface area contributed by atoms with E-state index in [0.29, 0.717) is 32.2 Å². The number of hydrogen-bond donors (Lipinski definition) is 0. The van der Waals surface area contributed by atoms with Crippen LogP contribution in [0.15, 0.2) is 83.5 Å². The maximum atomic E-state index is 13.4. The van der Waals surface area contributed by atoms with Gasteiger partial charge in [-0.25, -0.2) is 14.9 Å². The minimum Gasteiger partial charge on any atom is -0.266 e. The molecule has 0 spiro atoms. The first-order valence-electron chi connectivity index (χ1n) is 9.11. The van der Waals surface area contributed by atoms with Crippen LogP contribution in [0.3, 0.4) is 0 Å². The molecule has 0 saturated heterocycles. The molecule has 1 aromatic heterocycles. The van der Waals surface area contributed by atoms with E-state index in [-0.39, 0.29) is 5.91 Å². The van der Waals surface area contributed by atoms with Crippen LogP contribution in [0.1, 0.15) is 11.1 Å². The van der Waals surface area contributed by atoms with Crippen molar-refractivity contribution in [3.63, 3.8) is 0 Å². The van der Waals surface area contributed by atoms with E-state index in [9.17, 15) is 4.79 Å². The molecule has 0 saturated carbocycles. The van der Waals surface area contributed by atoms with Crippen LogP contribution in [0.25, 0.3) is 16.3 Å². The summed E-state index contributed by atoms with van der Waals surface area (Å²) in [4.78, 5) is 24.2. The van der Waals surface area contributed by atoms with Gasteiger partial charge in [0.05, 0.1) is 20.3 Å². The Labute approximate surface area is 186 Å². The van der Waals surface area contributed by atoms with Gasteiger partial charge in [0.2, 0.25) is 0 Å². The zero-order valence-corrected chi connectivity index (χ0v) is 17.7. The van der Waals surface area contributed by atoms with Crippen molar-refractivity contribution in [3.05, 3.63) is 99.7 Å². The third kappa shape index (κ3) is 3.41. The third-order valence-electron chi connectivity index (χ3n) is 4.61. The monoisotopic (exact) mass is 449 g/mol. The maximum Gasteiger partial charge on any atom is 0.284 e. The number of thiazole rings is 1. The standard InChI is InChI=1S/C23H13Cl2N3OS/c24-16-12-18-20(13-17(16)25)30-23(27-18)28-21(15-9-5-2-6-10-15)26-19(22(28)29)11-14-7-3-1-4-8-14/h1-13H/b19-11-. The number of carbonyl (C=O) groups excluding carboxylic acids is 1. The fourth-order valence-electron chi connectivity index (χ4n) is 3.19. The van der Waals surface area contributed by atoms with E-state index in [1.54, 1.807) is 23.1 Å². The van der Waals surface area contributed by atoms with Crippen molar-refractivity contribution in [3.8, 4) is 0 Å². The molecule has 0 bridgehead atoms. The average molecular weight is 450 g/mol. The Morgan fingerprint density at radius 2 is 1.57 bits per heavy atom. The lowest BCUT2D eigenvalue weighted by molar-refractivity contribution is -0.113. The van der Waals surface area contributed by atoms with Crippen LogP contribution >= 0.6 is 34.5 Å².